The summed E-state index contributed by atoms with van der Waals surface area (Å²) in [5, 5.41) is 0. The van der Waals surface area contributed by atoms with Crippen LogP contribution in [-0.2, 0) is 10.9 Å². The van der Waals surface area contributed by atoms with Gasteiger partial charge >= 0.3 is 6.18 Å². The summed E-state index contributed by atoms with van der Waals surface area (Å²) in [6.45, 7) is 3.16. The second-order valence-corrected chi connectivity index (χ2v) is 6.87. The standard InChI is InChI=1S/C21H22F3N3O3/c22-21(23,24)16-5-3-4-15(14-16)20(29)27(9-8-26-10-12-30-13-11-26)18-7-2-1-6-17(18)19(25)28/h1-7,14H,8-13H2,(H2,25,28). The molecule has 3 rings (SSSR count). The van der Waals surface area contributed by atoms with Crippen LogP contribution < -0.4 is 10.6 Å². The third-order valence-corrected chi connectivity index (χ3v) is 4.89. The predicted octanol–water partition coefficient (Wildman–Crippen LogP) is 2.78. The number of carbonyl (C=O) groups is 2. The minimum Gasteiger partial charge on any atom is -0.379 e. The normalized spacial score (nSPS) is 15.0. The van der Waals surface area contributed by atoms with Gasteiger partial charge in [0.05, 0.1) is 30.0 Å². The smallest absolute Gasteiger partial charge is 0.379 e. The van der Waals surface area contributed by atoms with Crippen LogP contribution in [0.3, 0.4) is 0 Å². The molecular weight excluding hydrogens is 399 g/mol. The van der Waals surface area contributed by atoms with E-state index in [4.69, 9.17) is 10.5 Å². The summed E-state index contributed by atoms with van der Waals surface area (Å²) >= 11 is 0. The van der Waals surface area contributed by atoms with Gasteiger partial charge < -0.3 is 15.4 Å². The van der Waals surface area contributed by atoms with Crippen molar-refractivity contribution < 1.29 is 27.5 Å². The molecule has 0 bridgehead atoms. The fourth-order valence-corrected chi connectivity index (χ4v) is 3.30. The Hall–Kier alpha value is -2.91. The first kappa shape index (κ1) is 21.8. The lowest BCUT2D eigenvalue weighted by atomic mass is 10.1. The van der Waals surface area contributed by atoms with Gasteiger partial charge in [-0.1, -0.05) is 18.2 Å². The van der Waals surface area contributed by atoms with Crippen LogP contribution in [0.5, 0.6) is 0 Å². The monoisotopic (exact) mass is 421 g/mol. The van der Waals surface area contributed by atoms with Gasteiger partial charge in [0.15, 0.2) is 0 Å². The summed E-state index contributed by atoms with van der Waals surface area (Å²) in [5.74, 6) is -1.36. The number of primary amides is 1. The molecule has 1 saturated heterocycles. The summed E-state index contributed by atoms with van der Waals surface area (Å²) in [6, 6.07) is 10.5. The molecule has 0 spiro atoms. The number of ether oxygens (including phenoxy) is 1. The molecule has 9 heteroatoms. The molecule has 2 aromatic rings. The lowest BCUT2D eigenvalue weighted by Crippen LogP contribution is -2.43. The summed E-state index contributed by atoms with van der Waals surface area (Å²) in [5.41, 5.74) is 4.82. The highest BCUT2D eigenvalue weighted by Gasteiger charge is 2.32. The van der Waals surface area contributed by atoms with Crippen LogP contribution in [0.25, 0.3) is 0 Å². The van der Waals surface area contributed by atoms with Gasteiger partial charge in [-0.3, -0.25) is 14.5 Å². The highest BCUT2D eigenvalue weighted by atomic mass is 19.4. The van der Waals surface area contributed by atoms with Gasteiger partial charge in [-0.05, 0) is 30.3 Å². The first-order chi connectivity index (χ1) is 14.3. The summed E-state index contributed by atoms with van der Waals surface area (Å²) < 4.78 is 44.6. The number of benzene rings is 2. The van der Waals surface area contributed by atoms with Crippen molar-refractivity contribution in [1.82, 2.24) is 4.90 Å². The second-order valence-electron chi connectivity index (χ2n) is 6.87. The second kappa shape index (κ2) is 9.27. The van der Waals surface area contributed by atoms with Crippen molar-refractivity contribution in [3.8, 4) is 0 Å². The first-order valence-corrected chi connectivity index (χ1v) is 9.45. The number of hydrogen-bond acceptors (Lipinski definition) is 4. The molecule has 0 saturated carbocycles. The Balaban J connectivity index is 1.94. The maximum absolute atomic E-state index is 13.2. The lowest BCUT2D eigenvalue weighted by Gasteiger charge is -2.31. The fraction of sp³-hybridized carbons (Fsp3) is 0.333. The van der Waals surface area contributed by atoms with Crippen LogP contribution in [0.2, 0.25) is 0 Å². The van der Waals surface area contributed by atoms with E-state index in [-0.39, 0.29) is 23.4 Å². The van der Waals surface area contributed by atoms with Crippen molar-refractivity contribution in [1.29, 1.82) is 0 Å². The van der Waals surface area contributed by atoms with E-state index in [1.165, 1.54) is 23.1 Å². The van der Waals surface area contributed by atoms with Crippen LogP contribution in [0, 0.1) is 0 Å². The molecule has 1 fully saturated rings. The molecule has 1 aliphatic rings. The third kappa shape index (κ3) is 5.17. The van der Waals surface area contributed by atoms with Crippen LogP contribution in [-0.4, -0.2) is 56.1 Å². The number of carbonyl (C=O) groups excluding carboxylic acids is 2. The Labute approximate surface area is 172 Å². The third-order valence-electron chi connectivity index (χ3n) is 4.89. The Morgan fingerprint density at radius 2 is 1.77 bits per heavy atom. The van der Waals surface area contributed by atoms with Gasteiger partial charge in [0.25, 0.3) is 11.8 Å². The van der Waals surface area contributed by atoms with E-state index in [1.54, 1.807) is 18.2 Å². The molecule has 0 radical (unpaired) electrons. The van der Waals surface area contributed by atoms with E-state index in [0.717, 1.165) is 12.1 Å². The van der Waals surface area contributed by atoms with Crippen molar-refractivity contribution in [3.05, 3.63) is 65.2 Å². The average Bonchev–Trinajstić information content (AvgIpc) is 2.74. The van der Waals surface area contributed by atoms with E-state index < -0.39 is 23.6 Å². The molecule has 1 aliphatic heterocycles. The number of anilines is 1. The number of amides is 2. The summed E-state index contributed by atoms with van der Waals surface area (Å²) in [7, 11) is 0. The Bertz CT molecular complexity index is 912. The number of para-hydroxylation sites is 1. The van der Waals surface area contributed by atoms with E-state index in [0.29, 0.717) is 32.8 Å². The molecule has 30 heavy (non-hydrogen) atoms. The van der Waals surface area contributed by atoms with Gasteiger partial charge in [-0.15, -0.1) is 0 Å². The van der Waals surface area contributed by atoms with Crippen molar-refractivity contribution >= 4 is 17.5 Å². The number of alkyl halides is 3. The maximum Gasteiger partial charge on any atom is 0.416 e. The van der Waals surface area contributed by atoms with Crippen molar-refractivity contribution in [2.24, 2.45) is 5.73 Å². The van der Waals surface area contributed by atoms with Crippen LogP contribution in [0.15, 0.2) is 48.5 Å². The maximum atomic E-state index is 13.2. The van der Waals surface area contributed by atoms with Crippen LogP contribution >= 0.6 is 0 Å². The van der Waals surface area contributed by atoms with Crippen molar-refractivity contribution in [2.75, 3.05) is 44.3 Å². The minimum absolute atomic E-state index is 0.119. The summed E-state index contributed by atoms with van der Waals surface area (Å²) in [6.07, 6.45) is -4.57. The predicted molar refractivity (Wildman–Crippen MR) is 105 cm³/mol. The van der Waals surface area contributed by atoms with E-state index in [9.17, 15) is 22.8 Å². The fourth-order valence-electron chi connectivity index (χ4n) is 3.30. The van der Waals surface area contributed by atoms with Gasteiger partial charge in [0.2, 0.25) is 0 Å². The number of nitrogens with two attached hydrogens (primary N) is 1. The molecule has 2 amide bonds. The quantitative estimate of drug-likeness (QED) is 0.778. The van der Waals surface area contributed by atoms with Gasteiger partial charge in [0, 0.05) is 31.7 Å². The van der Waals surface area contributed by atoms with Gasteiger partial charge in [-0.25, -0.2) is 0 Å². The molecular formula is C21H22F3N3O3. The van der Waals surface area contributed by atoms with Crippen LogP contribution in [0.4, 0.5) is 18.9 Å². The number of rotatable bonds is 6. The number of hydrogen-bond donors (Lipinski definition) is 1. The topological polar surface area (TPSA) is 75.9 Å². The molecule has 2 N–H and O–H groups in total. The molecule has 0 aromatic heterocycles. The zero-order valence-corrected chi connectivity index (χ0v) is 16.2. The molecule has 160 valence electrons. The highest BCUT2D eigenvalue weighted by molar-refractivity contribution is 6.10. The lowest BCUT2D eigenvalue weighted by molar-refractivity contribution is -0.137. The molecule has 0 unspecified atom stereocenters. The molecule has 6 nitrogen and oxygen atoms in total. The largest absolute Gasteiger partial charge is 0.416 e. The van der Waals surface area contributed by atoms with E-state index >= 15 is 0 Å². The number of morpholine rings is 1. The van der Waals surface area contributed by atoms with Gasteiger partial charge in [0.1, 0.15) is 0 Å². The zero-order chi connectivity index (χ0) is 21.7. The minimum atomic E-state index is -4.57. The SMILES string of the molecule is NC(=O)c1ccccc1N(CCN1CCOCC1)C(=O)c1cccc(C(F)(F)F)c1. The zero-order valence-electron chi connectivity index (χ0n) is 16.2. The molecule has 0 aliphatic carbocycles. The van der Waals surface area contributed by atoms with Crippen molar-refractivity contribution in [3.63, 3.8) is 0 Å². The van der Waals surface area contributed by atoms with Crippen LogP contribution in [0.1, 0.15) is 26.3 Å². The number of halogens is 3. The molecule has 1 heterocycles. The first-order valence-electron chi connectivity index (χ1n) is 9.45. The van der Waals surface area contributed by atoms with Gasteiger partial charge in [-0.2, -0.15) is 13.2 Å². The van der Waals surface area contributed by atoms with Crippen molar-refractivity contribution in [2.45, 2.75) is 6.18 Å². The Morgan fingerprint density at radius 3 is 2.43 bits per heavy atom. The Kier molecular flexibility index (Phi) is 6.73. The summed E-state index contributed by atoms with van der Waals surface area (Å²) in [4.78, 5) is 28.5. The molecule has 2 aromatic carbocycles. The van der Waals surface area contributed by atoms with E-state index in [2.05, 4.69) is 4.90 Å². The molecule has 0 atom stereocenters. The number of nitrogens with zero attached hydrogens (tertiary/aromatic N) is 2. The highest BCUT2D eigenvalue weighted by Crippen LogP contribution is 2.30. The van der Waals surface area contributed by atoms with E-state index in [1.807, 2.05) is 0 Å². The average molecular weight is 421 g/mol. The Morgan fingerprint density at radius 1 is 1.07 bits per heavy atom.